The molecular formula is C24H31FN2O3S. The summed E-state index contributed by atoms with van der Waals surface area (Å²) >= 11 is 1.64. The van der Waals surface area contributed by atoms with Gasteiger partial charge < -0.3 is 14.9 Å². The number of benzene rings is 1. The first-order chi connectivity index (χ1) is 14.8. The van der Waals surface area contributed by atoms with Crippen LogP contribution in [0.15, 0.2) is 30.3 Å². The molecule has 1 saturated heterocycles. The first kappa shape index (κ1) is 23.7. The van der Waals surface area contributed by atoms with Crippen LogP contribution in [-0.2, 0) is 13.1 Å². The van der Waals surface area contributed by atoms with Crippen molar-refractivity contribution >= 4 is 11.3 Å². The second kappa shape index (κ2) is 10.6. The Labute approximate surface area is 188 Å². The highest BCUT2D eigenvalue weighted by Crippen LogP contribution is 2.24. The molecule has 7 heteroatoms. The highest BCUT2D eigenvalue weighted by Gasteiger charge is 2.27. The average molecular weight is 447 g/mol. The monoisotopic (exact) mass is 446 g/mol. The Morgan fingerprint density at radius 2 is 2.03 bits per heavy atom. The van der Waals surface area contributed by atoms with Gasteiger partial charge in [-0.1, -0.05) is 17.9 Å². The zero-order valence-corrected chi connectivity index (χ0v) is 19.2. The molecule has 168 valence electrons. The third-order valence-corrected chi connectivity index (χ3v) is 6.30. The fraction of sp³-hybridized carbons (Fsp3) is 0.500. The van der Waals surface area contributed by atoms with Crippen LogP contribution in [-0.4, -0.2) is 65.0 Å². The minimum Gasteiger partial charge on any atom is -0.497 e. The van der Waals surface area contributed by atoms with Gasteiger partial charge in [-0.25, -0.2) is 4.39 Å². The Hall–Kier alpha value is -1.95. The smallest absolute Gasteiger partial charge is 0.131 e. The van der Waals surface area contributed by atoms with Gasteiger partial charge in [-0.15, -0.1) is 11.3 Å². The summed E-state index contributed by atoms with van der Waals surface area (Å²) in [5, 5.41) is 19.3. The summed E-state index contributed by atoms with van der Waals surface area (Å²) in [5.74, 6) is 6.14. The number of aliphatic hydroxyl groups excluding tert-OH is 1. The highest BCUT2D eigenvalue weighted by atomic mass is 32.1. The second-order valence-corrected chi connectivity index (χ2v) is 9.57. The molecule has 0 saturated carbocycles. The van der Waals surface area contributed by atoms with Crippen LogP contribution in [0.4, 0.5) is 4.39 Å². The normalized spacial score (nSPS) is 17.9. The van der Waals surface area contributed by atoms with Crippen LogP contribution in [0, 0.1) is 17.7 Å². The van der Waals surface area contributed by atoms with Crippen molar-refractivity contribution in [3.8, 4) is 17.6 Å². The number of nitrogens with zero attached hydrogens (tertiary/aromatic N) is 2. The lowest BCUT2D eigenvalue weighted by atomic mass is 10.1. The van der Waals surface area contributed by atoms with Crippen molar-refractivity contribution in [1.82, 2.24) is 9.80 Å². The van der Waals surface area contributed by atoms with E-state index in [9.17, 15) is 14.6 Å². The number of thiophene rings is 1. The number of rotatable bonds is 7. The number of piperazine rings is 1. The molecule has 0 radical (unpaired) electrons. The Morgan fingerprint density at radius 3 is 2.71 bits per heavy atom. The van der Waals surface area contributed by atoms with Crippen LogP contribution >= 0.6 is 11.3 Å². The molecule has 0 spiro atoms. The zero-order chi connectivity index (χ0) is 22.4. The summed E-state index contributed by atoms with van der Waals surface area (Å²) in [6.45, 7) is 7.30. The maximum atomic E-state index is 14.4. The summed E-state index contributed by atoms with van der Waals surface area (Å²) in [7, 11) is 1.53. The van der Waals surface area contributed by atoms with E-state index in [1.807, 2.05) is 6.07 Å². The molecule has 1 fully saturated rings. The summed E-state index contributed by atoms with van der Waals surface area (Å²) in [6, 6.07) is 9.21. The Balaban J connectivity index is 1.62. The predicted molar refractivity (Wildman–Crippen MR) is 122 cm³/mol. The van der Waals surface area contributed by atoms with Crippen LogP contribution in [0.25, 0.3) is 0 Å². The summed E-state index contributed by atoms with van der Waals surface area (Å²) in [5.41, 5.74) is -0.355. The standard InChI is InChI=1S/C24H31FN2O3S/c1-24(2,29)10-8-21-6-7-22(31-21)17-26-11-12-27(19(16-26)9-13-28)15-18-4-5-20(30-3)14-23(18)25/h4-7,14,19,28-29H,9,11-13,15-17H2,1-3H3/t19-/m0/s1. The topological polar surface area (TPSA) is 56.2 Å². The van der Waals surface area contributed by atoms with Gasteiger partial charge >= 0.3 is 0 Å². The largest absolute Gasteiger partial charge is 0.497 e. The van der Waals surface area contributed by atoms with Gasteiger partial charge in [0.1, 0.15) is 17.2 Å². The van der Waals surface area contributed by atoms with Crippen molar-refractivity contribution in [3.63, 3.8) is 0 Å². The Bertz CT molecular complexity index is 929. The molecule has 0 aliphatic carbocycles. The van der Waals surface area contributed by atoms with Crippen molar-refractivity contribution < 1.29 is 19.3 Å². The molecule has 1 aromatic heterocycles. The first-order valence-corrected chi connectivity index (χ1v) is 11.3. The lowest BCUT2D eigenvalue weighted by Crippen LogP contribution is -2.52. The van der Waals surface area contributed by atoms with Crippen LogP contribution in [0.1, 0.15) is 35.6 Å². The van der Waals surface area contributed by atoms with Gasteiger partial charge in [0, 0.05) is 61.9 Å². The van der Waals surface area contributed by atoms with Crippen LogP contribution in [0.3, 0.4) is 0 Å². The van der Waals surface area contributed by atoms with E-state index in [4.69, 9.17) is 4.74 Å². The fourth-order valence-corrected chi connectivity index (χ4v) is 4.60. The average Bonchev–Trinajstić information content (AvgIpc) is 3.17. The van der Waals surface area contributed by atoms with E-state index >= 15 is 0 Å². The molecule has 0 amide bonds. The maximum absolute atomic E-state index is 14.4. The maximum Gasteiger partial charge on any atom is 0.131 e. The number of hydrogen-bond donors (Lipinski definition) is 2. The first-order valence-electron chi connectivity index (χ1n) is 10.5. The molecule has 3 rings (SSSR count). The number of halogens is 1. The van der Waals surface area contributed by atoms with Crippen LogP contribution < -0.4 is 4.74 Å². The SMILES string of the molecule is COc1ccc(CN2CCN(Cc3ccc(C#CC(C)(C)O)s3)C[C@@H]2CCO)c(F)c1. The van der Waals surface area contributed by atoms with E-state index in [-0.39, 0.29) is 18.5 Å². The van der Waals surface area contributed by atoms with Gasteiger partial charge in [0.2, 0.25) is 0 Å². The molecule has 2 N–H and O–H groups in total. The highest BCUT2D eigenvalue weighted by molar-refractivity contribution is 7.12. The van der Waals surface area contributed by atoms with E-state index in [0.29, 0.717) is 24.3 Å². The molecular weight excluding hydrogens is 415 g/mol. The number of hydrogen-bond acceptors (Lipinski definition) is 6. The molecule has 2 aromatic rings. The molecule has 2 heterocycles. The quantitative estimate of drug-likeness (QED) is 0.641. The molecule has 0 bridgehead atoms. The molecule has 1 aliphatic rings. The Kier molecular flexibility index (Phi) is 8.09. The third-order valence-electron chi connectivity index (χ3n) is 5.32. The zero-order valence-electron chi connectivity index (χ0n) is 18.4. The van der Waals surface area contributed by atoms with E-state index in [2.05, 4.69) is 27.7 Å². The van der Waals surface area contributed by atoms with Gasteiger partial charge in [-0.05, 0) is 38.5 Å². The van der Waals surface area contributed by atoms with Gasteiger partial charge in [0.15, 0.2) is 0 Å². The minimum absolute atomic E-state index is 0.107. The second-order valence-electron chi connectivity index (χ2n) is 8.40. The summed E-state index contributed by atoms with van der Waals surface area (Å²) < 4.78 is 19.5. The lowest BCUT2D eigenvalue weighted by molar-refractivity contribution is 0.0497. The predicted octanol–water partition coefficient (Wildman–Crippen LogP) is 3.09. The van der Waals surface area contributed by atoms with E-state index in [0.717, 1.165) is 31.1 Å². The summed E-state index contributed by atoms with van der Waals surface area (Å²) in [6.07, 6.45) is 0.654. The summed E-state index contributed by atoms with van der Waals surface area (Å²) in [4.78, 5) is 6.79. The van der Waals surface area contributed by atoms with Crippen molar-refractivity contribution in [2.75, 3.05) is 33.4 Å². The molecule has 0 unspecified atom stereocenters. The van der Waals surface area contributed by atoms with Gasteiger partial charge in [0.05, 0.1) is 12.0 Å². The molecule has 5 nitrogen and oxygen atoms in total. The van der Waals surface area contributed by atoms with Gasteiger partial charge in [0.25, 0.3) is 0 Å². The van der Waals surface area contributed by atoms with Crippen molar-refractivity contribution in [2.24, 2.45) is 0 Å². The number of ether oxygens (including phenoxy) is 1. The van der Waals surface area contributed by atoms with E-state index < -0.39 is 5.60 Å². The van der Waals surface area contributed by atoms with E-state index in [1.165, 1.54) is 18.1 Å². The van der Waals surface area contributed by atoms with Crippen molar-refractivity contribution in [3.05, 3.63) is 51.5 Å². The Morgan fingerprint density at radius 1 is 1.23 bits per heavy atom. The van der Waals surface area contributed by atoms with Gasteiger partial charge in [-0.2, -0.15) is 0 Å². The fourth-order valence-electron chi connectivity index (χ4n) is 3.70. The van der Waals surface area contributed by atoms with E-state index in [1.54, 1.807) is 37.3 Å². The minimum atomic E-state index is -0.999. The molecule has 1 aromatic carbocycles. The van der Waals surface area contributed by atoms with Gasteiger partial charge in [-0.3, -0.25) is 9.80 Å². The number of methoxy groups -OCH3 is 1. The van der Waals surface area contributed by atoms with Crippen LogP contribution in [0.5, 0.6) is 5.75 Å². The van der Waals surface area contributed by atoms with Crippen molar-refractivity contribution in [2.45, 2.75) is 45.0 Å². The number of aliphatic hydroxyl groups is 2. The molecule has 1 aliphatic heterocycles. The van der Waals surface area contributed by atoms with Crippen molar-refractivity contribution in [1.29, 1.82) is 0 Å². The lowest BCUT2D eigenvalue weighted by Gasteiger charge is -2.41. The van der Waals surface area contributed by atoms with Crippen LogP contribution in [0.2, 0.25) is 0 Å². The molecule has 1 atom stereocenters. The third kappa shape index (κ3) is 7.03. The molecule has 31 heavy (non-hydrogen) atoms.